The average molecular weight is 200 g/mol. The number of carbonyl (C=O) groups excluding carboxylic acids is 1. The summed E-state index contributed by atoms with van der Waals surface area (Å²) in [5.74, 6) is -0.127. The summed E-state index contributed by atoms with van der Waals surface area (Å²) in [5.41, 5.74) is 1.54. The number of carbonyl (C=O) groups is 1. The molecule has 76 valence electrons. The molecule has 0 saturated carbocycles. The molecule has 1 aromatic carbocycles. The van der Waals surface area contributed by atoms with E-state index < -0.39 is 0 Å². The first-order valence-corrected chi connectivity index (χ1v) is 4.54. The minimum absolute atomic E-state index is 0.127. The average Bonchev–Trinajstić information content (AvgIpc) is 2.28. The van der Waals surface area contributed by atoms with Gasteiger partial charge in [0.2, 0.25) is 5.91 Å². The second-order valence-corrected chi connectivity index (χ2v) is 3.21. The van der Waals surface area contributed by atoms with Gasteiger partial charge in [0, 0.05) is 13.6 Å². The molecule has 0 aromatic heterocycles. The number of hydrogen-bond donors (Lipinski definition) is 0. The van der Waals surface area contributed by atoms with Gasteiger partial charge in [-0.25, -0.2) is 0 Å². The van der Waals surface area contributed by atoms with E-state index in [2.05, 4.69) is 12.6 Å². The Morgan fingerprint density at radius 1 is 1.67 bits per heavy atom. The number of rotatable bonds is 3. The minimum atomic E-state index is -0.127. The zero-order chi connectivity index (χ0) is 11.3. The van der Waals surface area contributed by atoms with Crippen LogP contribution in [0.3, 0.4) is 0 Å². The predicted octanol–water partition coefficient (Wildman–Crippen LogP) is 1.70. The normalized spacial score (nSPS) is 9.07. The quantitative estimate of drug-likeness (QED) is 0.697. The Labute approximate surface area is 89.2 Å². The molecule has 0 heterocycles. The summed E-state index contributed by atoms with van der Waals surface area (Å²) in [6, 6.07) is 9.25. The summed E-state index contributed by atoms with van der Waals surface area (Å²) in [6.07, 6.45) is 1.27. The molecule has 0 aliphatic rings. The SMILES string of the molecule is C=CC(=O)N(C)Cc1cccc(C#N)c1. The second kappa shape index (κ2) is 4.97. The Balaban J connectivity index is 2.77. The number of hydrogen-bond acceptors (Lipinski definition) is 2. The van der Waals surface area contributed by atoms with Gasteiger partial charge >= 0.3 is 0 Å². The molecular weight excluding hydrogens is 188 g/mol. The smallest absolute Gasteiger partial charge is 0.245 e. The van der Waals surface area contributed by atoms with Crippen molar-refractivity contribution in [3.8, 4) is 6.07 Å². The zero-order valence-corrected chi connectivity index (χ0v) is 8.60. The highest BCUT2D eigenvalue weighted by Crippen LogP contribution is 2.06. The van der Waals surface area contributed by atoms with Crippen LogP contribution < -0.4 is 0 Å². The Kier molecular flexibility index (Phi) is 3.64. The summed E-state index contributed by atoms with van der Waals surface area (Å²) < 4.78 is 0. The van der Waals surface area contributed by atoms with Crippen LogP contribution in [0.4, 0.5) is 0 Å². The van der Waals surface area contributed by atoms with E-state index >= 15 is 0 Å². The van der Waals surface area contributed by atoms with Crippen LogP contribution in [0.15, 0.2) is 36.9 Å². The van der Waals surface area contributed by atoms with E-state index in [4.69, 9.17) is 5.26 Å². The fraction of sp³-hybridized carbons (Fsp3) is 0.167. The topological polar surface area (TPSA) is 44.1 Å². The fourth-order valence-corrected chi connectivity index (χ4v) is 1.25. The highest BCUT2D eigenvalue weighted by atomic mass is 16.2. The summed E-state index contributed by atoms with van der Waals surface area (Å²) in [5, 5.41) is 8.70. The van der Waals surface area contributed by atoms with E-state index in [1.807, 2.05) is 6.07 Å². The molecule has 0 bridgehead atoms. The third-order valence-electron chi connectivity index (χ3n) is 2.03. The van der Waals surface area contributed by atoms with E-state index in [1.54, 1.807) is 30.1 Å². The third-order valence-corrected chi connectivity index (χ3v) is 2.03. The number of nitrogens with zero attached hydrogens (tertiary/aromatic N) is 2. The van der Waals surface area contributed by atoms with Crippen LogP contribution in [-0.2, 0) is 11.3 Å². The van der Waals surface area contributed by atoms with Crippen molar-refractivity contribution in [1.29, 1.82) is 5.26 Å². The van der Waals surface area contributed by atoms with Gasteiger partial charge in [0.15, 0.2) is 0 Å². The third kappa shape index (κ3) is 2.96. The van der Waals surface area contributed by atoms with Crippen LogP contribution in [0.25, 0.3) is 0 Å². The molecule has 1 rings (SSSR count). The van der Waals surface area contributed by atoms with E-state index in [-0.39, 0.29) is 5.91 Å². The standard InChI is InChI=1S/C12H12N2O/c1-3-12(15)14(2)9-11-6-4-5-10(7-11)8-13/h3-7H,1,9H2,2H3. The van der Waals surface area contributed by atoms with Crippen LogP contribution >= 0.6 is 0 Å². The van der Waals surface area contributed by atoms with Crippen molar-refractivity contribution in [2.45, 2.75) is 6.54 Å². The lowest BCUT2D eigenvalue weighted by atomic mass is 10.1. The van der Waals surface area contributed by atoms with Crippen LogP contribution in [0, 0.1) is 11.3 Å². The lowest BCUT2D eigenvalue weighted by molar-refractivity contribution is -0.125. The Hall–Kier alpha value is -2.08. The number of nitriles is 1. The van der Waals surface area contributed by atoms with Gasteiger partial charge in [-0.05, 0) is 23.8 Å². The maximum absolute atomic E-state index is 11.2. The van der Waals surface area contributed by atoms with Crippen molar-refractivity contribution in [1.82, 2.24) is 4.90 Å². The monoisotopic (exact) mass is 200 g/mol. The van der Waals surface area contributed by atoms with E-state index in [0.29, 0.717) is 12.1 Å². The summed E-state index contributed by atoms with van der Waals surface area (Å²) in [7, 11) is 1.70. The summed E-state index contributed by atoms with van der Waals surface area (Å²) in [6.45, 7) is 3.90. The predicted molar refractivity (Wildman–Crippen MR) is 57.8 cm³/mol. The van der Waals surface area contributed by atoms with E-state index in [0.717, 1.165) is 5.56 Å². The van der Waals surface area contributed by atoms with Gasteiger partial charge in [-0.1, -0.05) is 18.7 Å². The molecule has 1 aromatic rings. The Bertz CT molecular complexity index is 418. The van der Waals surface area contributed by atoms with Gasteiger partial charge in [0.05, 0.1) is 11.6 Å². The van der Waals surface area contributed by atoms with Gasteiger partial charge in [-0.3, -0.25) is 4.79 Å². The summed E-state index contributed by atoms with van der Waals surface area (Å²) in [4.78, 5) is 12.8. The molecule has 0 spiro atoms. The highest BCUT2D eigenvalue weighted by Gasteiger charge is 2.04. The molecule has 0 unspecified atom stereocenters. The molecule has 0 aliphatic heterocycles. The van der Waals surface area contributed by atoms with Crippen LogP contribution in [0.5, 0.6) is 0 Å². The van der Waals surface area contributed by atoms with Crippen molar-refractivity contribution >= 4 is 5.91 Å². The molecule has 3 nitrogen and oxygen atoms in total. The second-order valence-electron chi connectivity index (χ2n) is 3.21. The number of likely N-dealkylation sites (N-methyl/N-ethyl adjacent to an activating group) is 1. The molecule has 1 amide bonds. The summed E-state index contributed by atoms with van der Waals surface area (Å²) >= 11 is 0. The molecule has 0 fully saturated rings. The van der Waals surface area contributed by atoms with Gasteiger partial charge < -0.3 is 4.90 Å². The van der Waals surface area contributed by atoms with Crippen molar-refractivity contribution in [3.05, 3.63) is 48.0 Å². The molecule has 3 heteroatoms. The molecule has 15 heavy (non-hydrogen) atoms. The molecular formula is C12H12N2O. The number of benzene rings is 1. The number of amides is 1. The molecule has 0 N–H and O–H groups in total. The van der Waals surface area contributed by atoms with Gasteiger partial charge in [0.1, 0.15) is 0 Å². The first-order valence-electron chi connectivity index (χ1n) is 4.54. The maximum Gasteiger partial charge on any atom is 0.245 e. The largest absolute Gasteiger partial charge is 0.338 e. The van der Waals surface area contributed by atoms with Crippen LogP contribution in [-0.4, -0.2) is 17.9 Å². The first-order chi connectivity index (χ1) is 7.17. The van der Waals surface area contributed by atoms with Gasteiger partial charge in [0.25, 0.3) is 0 Å². The lowest BCUT2D eigenvalue weighted by Gasteiger charge is -2.14. The molecule has 0 saturated heterocycles. The maximum atomic E-state index is 11.2. The Morgan fingerprint density at radius 2 is 2.40 bits per heavy atom. The van der Waals surface area contributed by atoms with Crippen molar-refractivity contribution in [2.24, 2.45) is 0 Å². The van der Waals surface area contributed by atoms with E-state index in [9.17, 15) is 4.79 Å². The molecule has 0 atom stereocenters. The Morgan fingerprint density at radius 3 is 3.00 bits per heavy atom. The van der Waals surface area contributed by atoms with Crippen LogP contribution in [0.1, 0.15) is 11.1 Å². The van der Waals surface area contributed by atoms with Gasteiger partial charge in [-0.15, -0.1) is 0 Å². The van der Waals surface area contributed by atoms with Gasteiger partial charge in [-0.2, -0.15) is 5.26 Å². The van der Waals surface area contributed by atoms with Crippen molar-refractivity contribution < 1.29 is 4.79 Å². The van der Waals surface area contributed by atoms with Crippen molar-refractivity contribution in [3.63, 3.8) is 0 Å². The van der Waals surface area contributed by atoms with Crippen LogP contribution in [0.2, 0.25) is 0 Å². The zero-order valence-electron chi connectivity index (χ0n) is 8.60. The van der Waals surface area contributed by atoms with E-state index in [1.165, 1.54) is 6.08 Å². The first kappa shape index (κ1) is 11.0. The minimum Gasteiger partial charge on any atom is -0.338 e. The molecule has 0 aliphatic carbocycles. The van der Waals surface area contributed by atoms with Crippen molar-refractivity contribution in [2.75, 3.05) is 7.05 Å². The fourth-order valence-electron chi connectivity index (χ4n) is 1.25. The molecule has 0 radical (unpaired) electrons. The lowest BCUT2D eigenvalue weighted by Crippen LogP contribution is -2.23. The highest BCUT2D eigenvalue weighted by molar-refractivity contribution is 5.86.